The summed E-state index contributed by atoms with van der Waals surface area (Å²) in [6, 6.07) is -0.538. The first kappa shape index (κ1) is 81.6. The van der Waals surface area contributed by atoms with Crippen LogP contribution in [-0.2, 0) is 14.3 Å². The maximum absolute atomic E-state index is 12.5. The first-order valence-electron chi connectivity index (χ1n) is 38.4. The lowest BCUT2D eigenvalue weighted by atomic mass is 10.0. The lowest BCUT2D eigenvalue weighted by Gasteiger charge is -2.22. The van der Waals surface area contributed by atoms with Crippen molar-refractivity contribution in [3.05, 3.63) is 12.2 Å². The summed E-state index contributed by atoms with van der Waals surface area (Å²) in [6.45, 7) is 5.01. The lowest BCUT2D eigenvalue weighted by molar-refractivity contribution is -0.143. The van der Waals surface area contributed by atoms with Crippen LogP contribution in [-0.4, -0.2) is 47.4 Å². The molecule has 3 N–H and O–H groups in total. The minimum absolute atomic E-state index is 0.0248. The highest BCUT2D eigenvalue weighted by atomic mass is 16.5. The molecule has 2 unspecified atom stereocenters. The monoisotopic (exact) mass is 1170 g/mol. The molecular formula is C77H151NO5. The van der Waals surface area contributed by atoms with Gasteiger partial charge in [0, 0.05) is 12.8 Å². The Balaban J connectivity index is 3.31. The molecule has 0 aromatic carbocycles. The molecular weight excluding hydrogens is 1020 g/mol. The fourth-order valence-corrected chi connectivity index (χ4v) is 12.5. The first-order valence-corrected chi connectivity index (χ1v) is 38.4. The van der Waals surface area contributed by atoms with Crippen molar-refractivity contribution in [3.8, 4) is 0 Å². The number of unbranched alkanes of at least 4 members (excludes halogenated alkanes) is 60. The summed E-state index contributed by atoms with van der Waals surface area (Å²) in [5, 5.41) is 23.4. The van der Waals surface area contributed by atoms with Crippen LogP contribution in [0.2, 0.25) is 0 Å². The minimum atomic E-state index is -0.661. The van der Waals surface area contributed by atoms with Crippen molar-refractivity contribution in [2.75, 3.05) is 13.2 Å². The topological polar surface area (TPSA) is 95.9 Å². The summed E-state index contributed by atoms with van der Waals surface area (Å²) in [5.74, 6) is -0.00287. The predicted octanol–water partition coefficient (Wildman–Crippen LogP) is 25.1. The van der Waals surface area contributed by atoms with Crippen molar-refractivity contribution in [1.82, 2.24) is 5.32 Å². The number of aliphatic hydroxyl groups is 2. The van der Waals surface area contributed by atoms with Crippen molar-refractivity contribution in [3.63, 3.8) is 0 Å². The van der Waals surface area contributed by atoms with Gasteiger partial charge in [0.25, 0.3) is 0 Å². The highest BCUT2D eigenvalue weighted by Crippen LogP contribution is 2.20. The number of hydrogen-bond acceptors (Lipinski definition) is 5. The fourth-order valence-electron chi connectivity index (χ4n) is 12.5. The Morgan fingerprint density at radius 2 is 0.566 bits per heavy atom. The summed E-state index contributed by atoms with van der Waals surface area (Å²) >= 11 is 0. The third-order valence-electron chi connectivity index (χ3n) is 18.3. The van der Waals surface area contributed by atoms with Crippen molar-refractivity contribution >= 4 is 11.9 Å². The maximum atomic E-state index is 12.5. The Hall–Kier alpha value is -1.40. The number of esters is 1. The van der Waals surface area contributed by atoms with Gasteiger partial charge in [-0.25, -0.2) is 0 Å². The number of rotatable bonds is 73. The highest BCUT2D eigenvalue weighted by molar-refractivity contribution is 5.76. The second-order valence-electron chi connectivity index (χ2n) is 26.7. The van der Waals surface area contributed by atoms with Crippen LogP contribution >= 0.6 is 0 Å². The zero-order valence-electron chi connectivity index (χ0n) is 56.7. The number of amides is 1. The van der Waals surface area contributed by atoms with E-state index >= 15 is 0 Å². The standard InChI is InChI=1S/C77H151NO5/c1-3-5-7-9-11-13-15-17-19-43-47-51-55-59-63-67-71-77(82)83-72-68-64-60-56-52-48-44-40-38-36-34-32-30-28-26-24-22-20-21-23-25-27-29-31-33-35-37-39-42-46-50-54-58-62-66-70-76(81)78-74(73-79)75(80)69-65-61-57-53-49-45-41-18-16-14-12-10-8-6-4-2/h22,24,74-75,79-80H,3-21,23,25-73H2,1-2H3,(H,78,81)/b24-22-. The molecule has 0 aromatic rings. The number of ether oxygens (including phenoxy) is 1. The molecule has 0 spiro atoms. The molecule has 0 saturated heterocycles. The summed E-state index contributed by atoms with van der Waals surface area (Å²) in [6.07, 6.45) is 91.6. The number of carbonyl (C=O) groups excluding carboxylic acids is 2. The van der Waals surface area contributed by atoms with Crippen molar-refractivity contribution < 1.29 is 24.5 Å². The molecule has 83 heavy (non-hydrogen) atoms. The lowest BCUT2D eigenvalue weighted by Crippen LogP contribution is -2.45. The highest BCUT2D eigenvalue weighted by Gasteiger charge is 2.20. The molecule has 6 nitrogen and oxygen atoms in total. The summed E-state index contributed by atoms with van der Waals surface area (Å²) in [5.41, 5.74) is 0. The van der Waals surface area contributed by atoms with E-state index in [9.17, 15) is 19.8 Å². The number of carbonyl (C=O) groups is 2. The van der Waals surface area contributed by atoms with Crippen molar-refractivity contribution in [2.24, 2.45) is 0 Å². The molecule has 1 amide bonds. The van der Waals surface area contributed by atoms with Crippen LogP contribution in [0.15, 0.2) is 12.2 Å². The molecule has 6 heteroatoms. The average Bonchev–Trinajstić information content (AvgIpc) is 3.49. The Morgan fingerprint density at radius 3 is 0.855 bits per heavy atom. The molecule has 0 aliphatic rings. The van der Waals surface area contributed by atoms with E-state index in [0.717, 1.165) is 38.5 Å². The number of nitrogens with one attached hydrogen (secondary N) is 1. The first-order chi connectivity index (χ1) is 41.0. The van der Waals surface area contributed by atoms with E-state index in [1.165, 1.54) is 372 Å². The quantitative estimate of drug-likeness (QED) is 0.0320. The van der Waals surface area contributed by atoms with Gasteiger partial charge in [-0.3, -0.25) is 9.59 Å². The van der Waals surface area contributed by atoms with Gasteiger partial charge in [0.2, 0.25) is 5.91 Å². The van der Waals surface area contributed by atoms with Gasteiger partial charge in [-0.2, -0.15) is 0 Å². The van der Waals surface area contributed by atoms with Crippen LogP contribution in [0.5, 0.6) is 0 Å². The largest absolute Gasteiger partial charge is 0.466 e. The van der Waals surface area contributed by atoms with Gasteiger partial charge < -0.3 is 20.3 Å². The summed E-state index contributed by atoms with van der Waals surface area (Å²) in [4.78, 5) is 24.6. The molecule has 0 aliphatic heterocycles. The molecule has 0 bridgehead atoms. The van der Waals surface area contributed by atoms with Crippen LogP contribution in [0.1, 0.15) is 444 Å². The molecule has 0 heterocycles. The van der Waals surface area contributed by atoms with Crippen LogP contribution < -0.4 is 5.32 Å². The van der Waals surface area contributed by atoms with Crippen molar-refractivity contribution in [1.29, 1.82) is 0 Å². The van der Waals surface area contributed by atoms with E-state index in [1.54, 1.807) is 0 Å². The van der Waals surface area contributed by atoms with Gasteiger partial charge in [0.15, 0.2) is 0 Å². The third kappa shape index (κ3) is 69.6. The predicted molar refractivity (Wildman–Crippen MR) is 366 cm³/mol. The van der Waals surface area contributed by atoms with Crippen LogP contribution in [0, 0.1) is 0 Å². The Bertz CT molecular complexity index is 1260. The Labute approximate surface area is 520 Å². The van der Waals surface area contributed by atoms with Crippen LogP contribution in [0.4, 0.5) is 0 Å². The van der Waals surface area contributed by atoms with Gasteiger partial charge in [-0.05, 0) is 51.4 Å². The molecule has 0 aromatic heterocycles. The smallest absolute Gasteiger partial charge is 0.305 e. The molecule has 0 saturated carbocycles. The SMILES string of the molecule is CCCCCCCCCCCCCCCCCCC(=O)OCCCCCCCCCCCCCCCC/C=C\CCCCCCCCCCCCCCCCCCCC(=O)NC(CO)C(O)CCCCCCCCCCCCCCCCC. The van der Waals surface area contributed by atoms with E-state index in [-0.39, 0.29) is 18.5 Å². The fraction of sp³-hybridized carbons (Fsp3) is 0.948. The van der Waals surface area contributed by atoms with Gasteiger partial charge >= 0.3 is 5.97 Å². The van der Waals surface area contributed by atoms with Gasteiger partial charge in [0.05, 0.1) is 25.4 Å². The van der Waals surface area contributed by atoms with E-state index in [0.29, 0.717) is 25.9 Å². The molecule has 0 rings (SSSR count). The van der Waals surface area contributed by atoms with E-state index in [2.05, 4.69) is 31.3 Å². The number of hydrogen-bond donors (Lipinski definition) is 3. The van der Waals surface area contributed by atoms with E-state index in [4.69, 9.17) is 4.74 Å². The minimum Gasteiger partial charge on any atom is -0.466 e. The summed E-state index contributed by atoms with van der Waals surface area (Å²) in [7, 11) is 0. The molecule has 2 atom stereocenters. The molecule has 0 fully saturated rings. The number of aliphatic hydroxyl groups excluding tert-OH is 2. The van der Waals surface area contributed by atoms with Crippen LogP contribution in [0.3, 0.4) is 0 Å². The third-order valence-corrected chi connectivity index (χ3v) is 18.3. The van der Waals surface area contributed by atoms with Crippen molar-refractivity contribution in [2.45, 2.75) is 456 Å². The Morgan fingerprint density at radius 1 is 0.325 bits per heavy atom. The van der Waals surface area contributed by atoms with E-state index in [1.807, 2.05) is 0 Å². The molecule has 0 aliphatic carbocycles. The Kier molecular flexibility index (Phi) is 71.8. The van der Waals surface area contributed by atoms with Gasteiger partial charge in [-0.1, -0.05) is 392 Å². The average molecular weight is 1170 g/mol. The molecule has 0 radical (unpaired) electrons. The molecule has 494 valence electrons. The zero-order valence-corrected chi connectivity index (χ0v) is 56.7. The van der Waals surface area contributed by atoms with Crippen LogP contribution in [0.25, 0.3) is 0 Å². The van der Waals surface area contributed by atoms with Gasteiger partial charge in [-0.15, -0.1) is 0 Å². The summed E-state index contributed by atoms with van der Waals surface area (Å²) < 4.78 is 5.51. The van der Waals surface area contributed by atoms with Gasteiger partial charge in [0.1, 0.15) is 0 Å². The number of allylic oxidation sites excluding steroid dienone is 2. The second-order valence-corrected chi connectivity index (χ2v) is 26.7. The second kappa shape index (κ2) is 73.1. The zero-order chi connectivity index (χ0) is 59.9. The van der Waals surface area contributed by atoms with E-state index < -0.39 is 12.1 Å². The maximum Gasteiger partial charge on any atom is 0.305 e. The normalized spacial score (nSPS) is 12.5.